The maximum absolute atomic E-state index is 11.3. The van der Waals surface area contributed by atoms with Crippen LogP contribution in [-0.2, 0) is 4.79 Å². The zero-order chi connectivity index (χ0) is 10.7. The lowest BCUT2D eigenvalue weighted by molar-refractivity contribution is -0.126. The molecule has 0 bridgehead atoms. The molecule has 1 saturated heterocycles. The van der Waals surface area contributed by atoms with Crippen LogP contribution in [0.3, 0.4) is 0 Å². The van der Waals surface area contributed by atoms with Crippen LogP contribution in [0.2, 0.25) is 0 Å². The van der Waals surface area contributed by atoms with Crippen LogP contribution in [-0.4, -0.2) is 29.8 Å². The van der Waals surface area contributed by atoms with E-state index < -0.39 is 0 Å². The number of carbonyl (C=O) groups excluding carboxylic acids is 1. The highest BCUT2D eigenvalue weighted by molar-refractivity contribution is 5.81. The van der Waals surface area contributed by atoms with Gasteiger partial charge in [0.2, 0.25) is 0 Å². The van der Waals surface area contributed by atoms with Gasteiger partial charge in [-0.3, -0.25) is 9.69 Å². The minimum Gasteiger partial charge on any atom is -0.299 e. The Hall–Kier alpha value is -0.810. The van der Waals surface area contributed by atoms with Crippen molar-refractivity contribution in [1.29, 1.82) is 0 Å². The van der Waals surface area contributed by atoms with Crippen LogP contribution >= 0.6 is 0 Å². The molecule has 0 aromatic carbocycles. The normalized spacial score (nSPS) is 26.2. The molecule has 2 nitrogen and oxygen atoms in total. The van der Waals surface area contributed by atoms with E-state index >= 15 is 0 Å². The fraction of sp³-hybridized carbons (Fsp3) is 0.750. The van der Waals surface area contributed by atoms with E-state index in [4.69, 9.17) is 6.42 Å². The highest BCUT2D eigenvalue weighted by Crippen LogP contribution is 2.18. The van der Waals surface area contributed by atoms with Crippen LogP contribution in [0.15, 0.2) is 0 Å². The Balaban J connectivity index is 2.62. The molecular weight excluding hydrogens is 174 g/mol. The number of carbonyl (C=O) groups is 1. The second-order valence-electron chi connectivity index (χ2n) is 4.47. The van der Waals surface area contributed by atoms with Crippen molar-refractivity contribution in [3.63, 3.8) is 0 Å². The van der Waals surface area contributed by atoms with E-state index in [0.717, 1.165) is 13.1 Å². The van der Waals surface area contributed by atoms with Crippen molar-refractivity contribution < 1.29 is 4.79 Å². The molecule has 2 atom stereocenters. The molecule has 2 heteroatoms. The first-order chi connectivity index (χ1) is 6.56. The van der Waals surface area contributed by atoms with E-state index in [-0.39, 0.29) is 12.0 Å². The molecule has 14 heavy (non-hydrogen) atoms. The summed E-state index contributed by atoms with van der Waals surface area (Å²) in [5.74, 6) is 3.81. The summed E-state index contributed by atoms with van der Waals surface area (Å²) in [6, 6.07) is 0.186. The number of terminal acetylenes is 1. The van der Waals surface area contributed by atoms with Crippen LogP contribution in [0.4, 0.5) is 0 Å². The molecule has 0 aliphatic carbocycles. The first-order valence-corrected chi connectivity index (χ1v) is 5.29. The van der Waals surface area contributed by atoms with Crippen molar-refractivity contribution in [1.82, 2.24) is 4.90 Å². The molecular formula is C12H19NO. The summed E-state index contributed by atoms with van der Waals surface area (Å²) >= 11 is 0. The van der Waals surface area contributed by atoms with E-state index in [2.05, 4.69) is 24.7 Å². The fourth-order valence-electron chi connectivity index (χ4n) is 2.02. The van der Waals surface area contributed by atoms with Gasteiger partial charge in [-0.05, 0) is 5.92 Å². The lowest BCUT2D eigenvalue weighted by Crippen LogP contribution is -2.46. The highest BCUT2D eigenvalue weighted by atomic mass is 16.1. The van der Waals surface area contributed by atoms with Gasteiger partial charge in [0.25, 0.3) is 0 Å². The molecule has 0 N–H and O–H groups in total. The number of ketones is 1. The largest absolute Gasteiger partial charge is 0.299 e. The van der Waals surface area contributed by atoms with Gasteiger partial charge in [0.1, 0.15) is 5.78 Å². The Morgan fingerprint density at radius 2 is 2.21 bits per heavy atom. The second-order valence-corrected chi connectivity index (χ2v) is 4.47. The molecule has 1 fully saturated rings. The summed E-state index contributed by atoms with van der Waals surface area (Å²) in [4.78, 5) is 13.6. The van der Waals surface area contributed by atoms with Gasteiger partial charge in [0.05, 0.1) is 6.04 Å². The van der Waals surface area contributed by atoms with Gasteiger partial charge in [-0.15, -0.1) is 6.42 Å². The lowest BCUT2D eigenvalue weighted by atomic mass is 9.94. The number of hydrogen-bond donors (Lipinski definition) is 0. The maximum atomic E-state index is 11.3. The maximum Gasteiger partial charge on any atom is 0.138 e. The van der Waals surface area contributed by atoms with Crippen LogP contribution in [0.5, 0.6) is 0 Å². The van der Waals surface area contributed by atoms with Crippen molar-refractivity contribution >= 4 is 5.78 Å². The third-order valence-electron chi connectivity index (χ3n) is 2.90. The summed E-state index contributed by atoms with van der Waals surface area (Å²) in [6.45, 7) is 7.90. The predicted molar refractivity (Wildman–Crippen MR) is 57.8 cm³/mol. The molecule has 1 aliphatic heterocycles. The number of piperidine rings is 1. The number of Topliss-reactive ketones (excluding diaryl/α,β-unsaturated/α-hetero) is 1. The Kier molecular flexibility index (Phi) is 3.71. The number of likely N-dealkylation sites (tertiary alicyclic amines) is 1. The zero-order valence-electron chi connectivity index (χ0n) is 9.29. The second kappa shape index (κ2) is 4.61. The van der Waals surface area contributed by atoms with Gasteiger partial charge in [0, 0.05) is 25.4 Å². The van der Waals surface area contributed by atoms with E-state index in [1.54, 1.807) is 0 Å². The van der Waals surface area contributed by atoms with E-state index in [1.807, 2.05) is 6.92 Å². The number of rotatable bonds is 2. The molecule has 0 aromatic rings. The van der Waals surface area contributed by atoms with Gasteiger partial charge in [0.15, 0.2) is 0 Å². The third-order valence-corrected chi connectivity index (χ3v) is 2.90. The average Bonchev–Trinajstić information content (AvgIpc) is 2.11. The molecule has 1 aliphatic rings. The zero-order valence-corrected chi connectivity index (χ0v) is 9.29. The Labute approximate surface area is 86.7 Å². The van der Waals surface area contributed by atoms with Crippen LogP contribution in [0.25, 0.3) is 0 Å². The summed E-state index contributed by atoms with van der Waals surface area (Å²) in [5.41, 5.74) is 0. The first-order valence-electron chi connectivity index (χ1n) is 5.29. The SMILES string of the molecule is C#CC(C(C)C)N1CCC(=O)C(C)C1. The Bertz CT molecular complexity index is 252. The minimum atomic E-state index is 0.151. The van der Waals surface area contributed by atoms with E-state index in [0.29, 0.717) is 18.1 Å². The van der Waals surface area contributed by atoms with Gasteiger partial charge in [-0.2, -0.15) is 0 Å². The van der Waals surface area contributed by atoms with Crippen molar-refractivity contribution in [2.24, 2.45) is 11.8 Å². The molecule has 0 radical (unpaired) electrons. The van der Waals surface area contributed by atoms with Crippen molar-refractivity contribution in [2.45, 2.75) is 33.2 Å². The summed E-state index contributed by atoms with van der Waals surface area (Å²) < 4.78 is 0. The fourth-order valence-corrected chi connectivity index (χ4v) is 2.02. The molecule has 0 saturated carbocycles. The van der Waals surface area contributed by atoms with Crippen LogP contribution in [0.1, 0.15) is 27.2 Å². The minimum absolute atomic E-state index is 0.151. The molecule has 1 rings (SSSR count). The van der Waals surface area contributed by atoms with Gasteiger partial charge < -0.3 is 0 Å². The molecule has 1 heterocycles. The monoisotopic (exact) mass is 193 g/mol. The summed E-state index contributed by atoms with van der Waals surface area (Å²) in [7, 11) is 0. The van der Waals surface area contributed by atoms with Gasteiger partial charge in [-0.1, -0.05) is 26.7 Å². The van der Waals surface area contributed by atoms with Crippen LogP contribution < -0.4 is 0 Å². The Morgan fingerprint density at radius 1 is 1.57 bits per heavy atom. The molecule has 78 valence electrons. The first kappa shape index (κ1) is 11.3. The van der Waals surface area contributed by atoms with Gasteiger partial charge >= 0.3 is 0 Å². The average molecular weight is 193 g/mol. The molecule has 0 spiro atoms. The number of nitrogens with zero attached hydrogens (tertiary/aromatic N) is 1. The predicted octanol–water partition coefficient (Wildman–Crippen LogP) is 1.56. The standard InChI is InChI=1S/C12H19NO/c1-5-11(9(2)3)13-7-6-12(14)10(4)8-13/h1,9-11H,6-8H2,2-4H3. The summed E-state index contributed by atoms with van der Waals surface area (Å²) in [6.07, 6.45) is 6.17. The van der Waals surface area contributed by atoms with Crippen molar-refractivity contribution in [2.75, 3.05) is 13.1 Å². The van der Waals surface area contributed by atoms with E-state index in [9.17, 15) is 4.79 Å². The smallest absolute Gasteiger partial charge is 0.138 e. The highest BCUT2D eigenvalue weighted by Gasteiger charge is 2.28. The van der Waals surface area contributed by atoms with Crippen molar-refractivity contribution in [3.05, 3.63) is 0 Å². The topological polar surface area (TPSA) is 20.3 Å². The molecule has 0 amide bonds. The third kappa shape index (κ3) is 2.36. The van der Waals surface area contributed by atoms with Crippen molar-refractivity contribution in [3.8, 4) is 12.3 Å². The molecule has 0 aromatic heterocycles. The lowest BCUT2D eigenvalue weighted by Gasteiger charge is -2.35. The number of hydrogen-bond acceptors (Lipinski definition) is 2. The van der Waals surface area contributed by atoms with Crippen LogP contribution in [0, 0.1) is 24.2 Å². The Morgan fingerprint density at radius 3 is 2.64 bits per heavy atom. The quantitative estimate of drug-likeness (QED) is 0.620. The summed E-state index contributed by atoms with van der Waals surface area (Å²) in [5, 5.41) is 0. The molecule has 2 unspecified atom stereocenters. The van der Waals surface area contributed by atoms with E-state index in [1.165, 1.54) is 0 Å². The van der Waals surface area contributed by atoms with Gasteiger partial charge in [-0.25, -0.2) is 0 Å².